The Labute approximate surface area is 127 Å². The number of hydrogen-bond donors (Lipinski definition) is 2. The van der Waals surface area contributed by atoms with Crippen LogP contribution in [0.3, 0.4) is 0 Å². The van der Waals surface area contributed by atoms with Crippen LogP contribution in [-0.2, 0) is 0 Å². The number of nitrogen functional groups attached to an aromatic ring is 1. The maximum absolute atomic E-state index is 12.2. The van der Waals surface area contributed by atoms with E-state index in [1.165, 1.54) is 0 Å². The quantitative estimate of drug-likeness (QED) is 0.840. The highest BCUT2D eigenvalue weighted by molar-refractivity contribution is 6.43. The highest BCUT2D eigenvalue weighted by Crippen LogP contribution is 2.26. The van der Waals surface area contributed by atoms with E-state index in [0.29, 0.717) is 16.3 Å². The van der Waals surface area contributed by atoms with Crippen molar-refractivity contribution in [3.05, 3.63) is 63.6 Å². The Hall–Kier alpha value is -1.71. The Morgan fingerprint density at radius 3 is 2.55 bits per heavy atom. The van der Waals surface area contributed by atoms with Crippen molar-refractivity contribution >= 4 is 34.8 Å². The minimum Gasteiger partial charge on any atom is -0.398 e. The monoisotopic (exact) mass is 308 g/mol. The number of hydrogen-bond acceptors (Lipinski definition) is 2. The SMILES string of the molecule is CC(NC(=O)c1cccc(Cl)c1Cl)c1ccccc1N. The van der Waals surface area contributed by atoms with Crippen molar-refractivity contribution in [3.63, 3.8) is 0 Å². The normalized spacial score (nSPS) is 11.9. The maximum Gasteiger partial charge on any atom is 0.253 e. The van der Waals surface area contributed by atoms with Gasteiger partial charge in [0.15, 0.2) is 0 Å². The molecule has 0 aliphatic heterocycles. The van der Waals surface area contributed by atoms with Crippen molar-refractivity contribution in [1.82, 2.24) is 5.32 Å². The molecule has 0 spiro atoms. The average molecular weight is 309 g/mol. The van der Waals surface area contributed by atoms with Crippen molar-refractivity contribution in [1.29, 1.82) is 0 Å². The molecule has 1 unspecified atom stereocenters. The summed E-state index contributed by atoms with van der Waals surface area (Å²) < 4.78 is 0. The molecular weight excluding hydrogens is 295 g/mol. The van der Waals surface area contributed by atoms with Crippen LogP contribution in [0.25, 0.3) is 0 Å². The summed E-state index contributed by atoms with van der Waals surface area (Å²) in [5.41, 5.74) is 7.74. The van der Waals surface area contributed by atoms with Crippen LogP contribution >= 0.6 is 23.2 Å². The molecule has 2 aromatic rings. The first-order valence-electron chi connectivity index (χ1n) is 6.10. The van der Waals surface area contributed by atoms with Crippen LogP contribution in [-0.4, -0.2) is 5.91 Å². The van der Waals surface area contributed by atoms with Gasteiger partial charge in [0.05, 0.1) is 21.7 Å². The summed E-state index contributed by atoms with van der Waals surface area (Å²) in [4.78, 5) is 12.2. The fourth-order valence-electron chi connectivity index (χ4n) is 1.94. The molecule has 1 atom stereocenters. The van der Waals surface area contributed by atoms with Gasteiger partial charge in [-0.05, 0) is 30.7 Å². The molecule has 3 N–H and O–H groups in total. The number of nitrogens with one attached hydrogen (secondary N) is 1. The van der Waals surface area contributed by atoms with Crippen LogP contribution in [0, 0.1) is 0 Å². The number of carbonyl (C=O) groups is 1. The van der Waals surface area contributed by atoms with Crippen LogP contribution in [0.1, 0.15) is 28.9 Å². The number of rotatable bonds is 3. The summed E-state index contributed by atoms with van der Waals surface area (Å²) in [6, 6.07) is 12.1. The van der Waals surface area contributed by atoms with Gasteiger partial charge in [-0.1, -0.05) is 47.5 Å². The van der Waals surface area contributed by atoms with Gasteiger partial charge in [0.1, 0.15) is 0 Å². The third-order valence-corrected chi connectivity index (χ3v) is 3.83. The molecular formula is C15H14Cl2N2O. The number of anilines is 1. The third kappa shape index (κ3) is 3.06. The lowest BCUT2D eigenvalue weighted by Crippen LogP contribution is -2.27. The van der Waals surface area contributed by atoms with Gasteiger partial charge in [0.2, 0.25) is 0 Å². The van der Waals surface area contributed by atoms with Crippen molar-refractivity contribution in [2.75, 3.05) is 5.73 Å². The Balaban J connectivity index is 2.20. The van der Waals surface area contributed by atoms with E-state index in [1.807, 2.05) is 25.1 Å². The summed E-state index contributed by atoms with van der Waals surface area (Å²) in [7, 11) is 0. The lowest BCUT2D eigenvalue weighted by atomic mass is 10.1. The molecule has 2 aromatic carbocycles. The predicted octanol–water partition coefficient (Wildman–Crippen LogP) is 4.07. The molecule has 0 aromatic heterocycles. The largest absolute Gasteiger partial charge is 0.398 e. The second kappa shape index (κ2) is 6.16. The summed E-state index contributed by atoms with van der Waals surface area (Å²) in [5, 5.41) is 3.46. The molecule has 0 saturated heterocycles. The topological polar surface area (TPSA) is 55.1 Å². The molecule has 5 heteroatoms. The van der Waals surface area contributed by atoms with Gasteiger partial charge in [-0.2, -0.15) is 0 Å². The summed E-state index contributed by atoms with van der Waals surface area (Å²) in [5.74, 6) is -0.284. The van der Waals surface area contributed by atoms with E-state index >= 15 is 0 Å². The molecule has 1 amide bonds. The van der Waals surface area contributed by atoms with E-state index in [-0.39, 0.29) is 17.0 Å². The number of halogens is 2. The van der Waals surface area contributed by atoms with Crippen molar-refractivity contribution in [3.8, 4) is 0 Å². The van der Waals surface area contributed by atoms with Gasteiger partial charge in [-0.15, -0.1) is 0 Å². The van der Waals surface area contributed by atoms with E-state index in [0.717, 1.165) is 5.56 Å². The highest BCUT2D eigenvalue weighted by atomic mass is 35.5. The van der Waals surface area contributed by atoms with Crippen molar-refractivity contribution in [2.45, 2.75) is 13.0 Å². The molecule has 104 valence electrons. The third-order valence-electron chi connectivity index (χ3n) is 3.01. The Morgan fingerprint density at radius 1 is 1.15 bits per heavy atom. The van der Waals surface area contributed by atoms with E-state index in [1.54, 1.807) is 24.3 Å². The standard InChI is InChI=1S/C15H14Cl2N2O/c1-9(10-5-2-3-8-13(10)18)19-15(20)11-6-4-7-12(16)14(11)17/h2-9H,18H2,1H3,(H,19,20). The Kier molecular flexibility index (Phi) is 4.53. The average Bonchev–Trinajstić information content (AvgIpc) is 2.42. The van der Waals surface area contributed by atoms with Crippen LogP contribution in [0.5, 0.6) is 0 Å². The molecule has 0 fully saturated rings. The maximum atomic E-state index is 12.2. The number of carbonyl (C=O) groups excluding carboxylic acids is 1. The van der Waals surface area contributed by atoms with Crippen LogP contribution in [0.15, 0.2) is 42.5 Å². The van der Waals surface area contributed by atoms with E-state index in [4.69, 9.17) is 28.9 Å². The predicted molar refractivity (Wildman–Crippen MR) is 83.2 cm³/mol. The number of para-hydroxylation sites is 1. The molecule has 3 nitrogen and oxygen atoms in total. The molecule has 0 bridgehead atoms. The zero-order valence-electron chi connectivity index (χ0n) is 10.9. The Bertz CT molecular complexity index is 644. The smallest absolute Gasteiger partial charge is 0.253 e. The van der Waals surface area contributed by atoms with Gasteiger partial charge in [0.25, 0.3) is 5.91 Å². The molecule has 2 rings (SSSR count). The molecule has 0 aliphatic carbocycles. The van der Waals surface area contributed by atoms with Gasteiger partial charge in [0, 0.05) is 5.69 Å². The van der Waals surface area contributed by atoms with Crippen molar-refractivity contribution < 1.29 is 4.79 Å². The van der Waals surface area contributed by atoms with Gasteiger partial charge < -0.3 is 11.1 Å². The fraction of sp³-hybridized carbons (Fsp3) is 0.133. The van der Waals surface area contributed by atoms with Crippen LogP contribution in [0.2, 0.25) is 10.0 Å². The molecule has 0 heterocycles. The first kappa shape index (κ1) is 14.7. The van der Waals surface area contributed by atoms with E-state index in [9.17, 15) is 4.79 Å². The highest BCUT2D eigenvalue weighted by Gasteiger charge is 2.16. The van der Waals surface area contributed by atoms with Crippen molar-refractivity contribution in [2.24, 2.45) is 0 Å². The number of benzene rings is 2. The second-order valence-corrected chi connectivity index (χ2v) is 5.21. The first-order chi connectivity index (χ1) is 9.50. The molecule has 20 heavy (non-hydrogen) atoms. The summed E-state index contributed by atoms with van der Waals surface area (Å²) in [6.07, 6.45) is 0. The van der Waals surface area contributed by atoms with Crippen LogP contribution < -0.4 is 11.1 Å². The van der Waals surface area contributed by atoms with Crippen LogP contribution in [0.4, 0.5) is 5.69 Å². The summed E-state index contributed by atoms with van der Waals surface area (Å²) >= 11 is 11.9. The molecule has 0 radical (unpaired) electrons. The first-order valence-corrected chi connectivity index (χ1v) is 6.85. The van der Waals surface area contributed by atoms with E-state index < -0.39 is 0 Å². The minimum atomic E-state index is -0.284. The lowest BCUT2D eigenvalue weighted by molar-refractivity contribution is 0.0940. The minimum absolute atomic E-state index is 0.223. The number of amides is 1. The van der Waals surface area contributed by atoms with E-state index in [2.05, 4.69) is 5.32 Å². The summed E-state index contributed by atoms with van der Waals surface area (Å²) in [6.45, 7) is 1.86. The zero-order chi connectivity index (χ0) is 14.7. The lowest BCUT2D eigenvalue weighted by Gasteiger charge is -2.17. The van der Waals surface area contributed by atoms with Gasteiger partial charge >= 0.3 is 0 Å². The van der Waals surface area contributed by atoms with Gasteiger partial charge in [-0.3, -0.25) is 4.79 Å². The molecule has 0 aliphatic rings. The second-order valence-electron chi connectivity index (χ2n) is 4.43. The fourth-order valence-corrected chi connectivity index (χ4v) is 2.32. The zero-order valence-corrected chi connectivity index (χ0v) is 12.4. The molecule has 0 saturated carbocycles. The van der Waals surface area contributed by atoms with Gasteiger partial charge in [-0.25, -0.2) is 0 Å². The Morgan fingerprint density at radius 2 is 1.85 bits per heavy atom. The number of nitrogens with two attached hydrogens (primary N) is 1.